The van der Waals surface area contributed by atoms with E-state index in [0.717, 1.165) is 12.7 Å². The molecule has 0 saturated heterocycles. The van der Waals surface area contributed by atoms with Gasteiger partial charge >= 0.3 is 0 Å². The van der Waals surface area contributed by atoms with Crippen LogP contribution < -0.4 is 0 Å². The summed E-state index contributed by atoms with van der Waals surface area (Å²) in [6, 6.07) is 0. The van der Waals surface area contributed by atoms with E-state index in [9.17, 15) is 0 Å². The Hall–Kier alpha value is -0.500. The van der Waals surface area contributed by atoms with Crippen molar-refractivity contribution in [1.82, 2.24) is 4.90 Å². The molecule has 10 heavy (non-hydrogen) atoms. The fourth-order valence-corrected chi connectivity index (χ4v) is 0.744. The van der Waals surface area contributed by atoms with Gasteiger partial charge in [0.05, 0.1) is 6.26 Å². The van der Waals surface area contributed by atoms with Gasteiger partial charge in [-0.15, -0.1) is 0 Å². The molecule has 1 atom stereocenters. The molecule has 60 valence electrons. The maximum Gasteiger partial charge on any atom is 0.0770 e. The van der Waals surface area contributed by atoms with Crippen LogP contribution in [0.5, 0.6) is 0 Å². The van der Waals surface area contributed by atoms with Crippen LogP contribution in [0.15, 0.2) is 12.3 Å². The molecule has 0 bridgehead atoms. The van der Waals surface area contributed by atoms with Crippen LogP contribution in [-0.2, 0) is 0 Å². The second kappa shape index (κ2) is 3.62. The Balaban J connectivity index is 4.22. The Morgan fingerprint density at radius 1 is 1.50 bits per heavy atom. The molecule has 2 heteroatoms. The Bertz CT molecular complexity index is 120. The van der Waals surface area contributed by atoms with Gasteiger partial charge in [0, 0.05) is 5.54 Å². The van der Waals surface area contributed by atoms with Crippen LogP contribution in [0.1, 0.15) is 20.3 Å². The van der Waals surface area contributed by atoms with Gasteiger partial charge in [-0.2, -0.15) is 0 Å². The molecule has 0 radical (unpaired) electrons. The number of likely N-dealkylation sites (N-methyl/N-ethyl adjacent to an activating group) is 1. The van der Waals surface area contributed by atoms with E-state index in [4.69, 9.17) is 5.11 Å². The van der Waals surface area contributed by atoms with Crippen molar-refractivity contribution in [1.29, 1.82) is 0 Å². The van der Waals surface area contributed by atoms with E-state index in [-0.39, 0.29) is 5.54 Å². The molecule has 0 aliphatic carbocycles. The lowest BCUT2D eigenvalue weighted by Crippen LogP contribution is -2.38. The fourth-order valence-electron chi connectivity index (χ4n) is 0.744. The van der Waals surface area contributed by atoms with Crippen LogP contribution in [0.3, 0.4) is 0 Å². The molecule has 0 amide bonds. The summed E-state index contributed by atoms with van der Waals surface area (Å²) >= 11 is 0. The van der Waals surface area contributed by atoms with Crippen LogP contribution >= 0.6 is 0 Å². The van der Waals surface area contributed by atoms with Crippen molar-refractivity contribution in [2.45, 2.75) is 25.8 Å². The third kappa shape index (κ3) is 2.03. The zero-order chi connectivity index (χ0) is 8.20. The summed E-state index contributed by atoms with van der Waals surface area (Å²) in [5.74, 6) is 0. The Morgan fingerprint density at radius 3 is 2.10 bits per heavy atom. The van der Waals surface area contributed by atoms with E-state index < -0.39 is 0 Å². The highest BCUT2D eigenvalue weighted by atomic mass is 16.2. The molecule has 0 rings (SSSR count). The van der Waals surface area contributed by atoms with E-state index in [1.165, 1.54) is 0 Å². The van der Waals surface area contributed by atoms with Gasteiger partial charge in [0.15, 0.2) is 0 Å². The van der Waals surface area contributed by atoms with Crippen LogP contribution in [-0.4, -0.2) is 29.6 Å². The molecule has 0 saturated carbocycles. The molecule has 1 unspecified atom stereocenters. The van der Waals surface area contributed by atoms with Gasteiger partial charge in [0.1, 0.15) is 0 Å². The lowest BCUT2D eigenvalue weighted by atomic mass is 9.98. The molecule has 0 fully saturated rings. The van der Waals surface area contributed by atoms with Crippen LogP contribution in [0.25, 0.3) is 0 Å². The minimum atomic E-state index is -0.00521. The first-order valence-corrected chi connectivity index (χ1v) is 3.56. The minimum Gasteiger partial charge on any atom is -0.516 e. The lowest BCUT2D eigenvalue weighted by molar-refractivity contribution is 0.219. The maximum absolute atomic E-state index is 8.57. The summed E-state index contributed by atoms with van der Waals surface area (Å²) in [7, 11) is 4.01. The van der Waals surface area contributed by atoms with E-state index >= 15 is 0 Å². The van der Waals surface area contributed by atoms with Crippen molar-refractivity contribution in [3.63, 3.8) is 0 Å². The van der Waals surface area contributed by atoms with Crippen molar-refractivity contribution in [3.05, 3.63) is 12.3 Å². The second-order valence-corrected chi connectivity index (χ2v) is 2.92. The number of aliphatic hydroxyl groups excluding tert-OH is 1. The van der Waals surface area contributed by atoms with E-state index in [1.807, 2.05) is 14.1 Å². The molecule has 0 heterocycles. The van der Waals surface area contributed by atoms with Gasteiger partial charge in [-0.25, -0.2) is 0 Å². The quantitative estimate of drug-likeness (QED) is 0.609. The first-order chi connectivity index (χ1) is 4.56. The molecule has 0 aromatic carbocycles. The van der Waals surface area contributed by atoms with Crippen molar-refractivity contribution in [2.75, 3.05) is 14.1 Å². The van der Waals surface area contributed by atoms with E-state index in [2.05, 4.69) is 18.7 Å². The second-order valence-electron chi connectivity index (χ2n) is 2.92. The van der Waals surface area contributed by atoms with Gasteiger partial charge in [-0.3, -0.25) is 0 Å². The summed E-state index contributed by atoms with van der Waals surface area (Å²) in [4.78, 5) is 2.08. The van der Waals surface area contributed by atoms with Gasteiger partial charge in [-0.05, 0) is 33.5 Å². The molecule has 2 nitrogen and oxygen atoms in total. The van der Waals surface area contributed by atoms with Gasteiger partial charge in [0.25, 0.3) is 0 Å². The zero-order valence-electron chi connectivity index (χ0n) is 7.26. The number of hydrogen-bond acceptors (Lipinski definition) is 2. The highest BCUT2D eigenvalue weighted by Crippen LogP contribution is 2.16. The number of hydrogen-bond donors (Lipinski definition) is 1. The predicted octanol–water partition coefficient (Wildman–Crippen LogP) is 1.79. The summed E-state index contributed by atoms with van der Waals surface area (Å²) < 4.78 is 0. The topological polar surface area (TPSA) is 23.5 Å². The molecular formula is C8H17NO. The molecule has 0 aliphatic heterocycles. The van der Waals surface area contributed by atoms with Gasteiger partial charge in [0.2, 0.25) is 0 Å². The first kappa shape index (κ1) is 9.50. The summed E-state index contributed by atoms with van der Waals surface area (Å²) in [6.07, 6.45) is 3.91. The van der Waals surface area contributed by atoms with Crippen LogP contribution in [0, 0.1) is 0 Å². The van der Waals surface area contributed by atoms with Crippen LogP contribution in [0.4, 0.5) is 0 Å². The minimum absolute atomic E-state index is 0.00521. The summed E-state index contributed by atoms with van der Waals surface area (Å²) in [5.41, 5.74) is -0.00521. The average Bonchev–Trinajstić information content (AvgIpc) is 1.88. The van der Waals surface area contributed by atoms with Crippen molar-refractivity contribution in [2.24, 2.45) is 0 Å². The molecular weight excluding hydrogens is 126 g/mol. The van der Waals surface area contributed by atoms with Gasteiger partial charge in [-0.1, -0.05) is 6.92 Å². The van der Waals surface area contributed by atoms with E-state index in [0.29, 0.717) is 0 Å². The summed E-state index contributed by atoms with van der Waals surface area (Å²) in [6.45, 7) is 4.18. The Morgan fingerprint density at radius 2 is 2.00 bits per heavy atom. The molecule has 1 N–H and O–H groups in total. The molecule has 0 aromatic rings. The smallest absolute Gasteiger partial charge is 0.0770 e. The number of nitrogens with zero attached hydrogens (tertiary/aromatic N) is 1. The van der Waals surface area contributed by atoms with Crippen molar-refractivity contribution >= 4 is 0 Å². The average molecular weight is 143 g/mol. The monoisotopic (exact) mass is 143 g/mol. The Labute approximate surface area is 63.2 Å². The fraction of sp³-hybridized carbons (Fsp3) is 0.750. The molecule has 0 aromatic heterocycles. The van der Waals surface area contributed by atoms with Crippen molar-refractivity contribution in [3.8, 4) is 0 Å². The third-order valence-electron chi connectivity index (χ3n) is 2.17. The number of aliphatic hydroxyl groups is 1. The largest absolute Gasteiger partial charge is 0.516 e. The van der Waals surface area contributed by atoms with Crippen LogP contribution in [0.2, 0.25) is 0 Å². The molecule has 0 aliphatic rings. The number of rotatable bonds is 3. The normalized spacial score (nSPS) is 18.1. The lowest BCUT2D eigenvalue weighted by Gasteiger charge is -2.31. The third-order valence-corrected chi connectivity index (χ3v) is 2.17. The zero-order valence-corrected chi connectivity index (χ0v) is 7.26. The van der Waals surface area contributed by atoms with Gasteiger partial charge < -0.3 is 10.0 Å². The maximum atomic E-state index is 8.57. The standard InChI is InChI=1S/C8H17NO/c1-5-8(2,6-7-10)9(3)4/h6-7,10H,5H2,1-4H3. The highest BCUT2D eigenvalue weighted by molar-refractivity contribution is 4.99. The molecule has 0 spiro atoms. The highest BCUT2D eigenvalue weighted by Gasteiger charge is 2.20. The Kier molecular flexibility index (Phi) is 3.43. The first-order valence-electron chi connectivity index (χ1n) is 3.56. The SMILES string of the molecule is CCC(C)(C=CO)N(C)C. The predicted molar refractivity (Wildman–Crippen MR) is 44.2 cm³/mol. The summed E-state index contributed by atoms with van der Waals surface area (Å²) in [5, 5.41) is 8.57. The van der Waals surface area contributed by atoms with Crippen molar-refractivity contribution < 1.29 is 5.11 Å². The van der Waals surface area contributed by atoms with E-state index in [1.54, 1.807) is 6.08 Å².